The van der Waals surface area contributed by atoms with Crippen molar-refractivity contribution in [3.05, 3.63) is 46.6 Å². The summed E-state index contributed by atoms with van der Waals surface area (Å²) in [6.45, 7) is 1.28. The average molecular weight is 903 g/mol. The zero-order valence-corrected chi connectivity index (χ0v) is 33.3. The monoisotopic (exact) mass is 902 g/mol. The Morgan fingerprint density at radius 1 is 0.587 bits per heavy atom. The molecule has 4 aliphatic heterocycles. The maximum atomic E-state index is 14.3. The lowest BCUT2D eigenvalue weighted by atomic mass is 9.97. The maximum absolute atomic E-state index is 14.3. The van der Waals surface area contributed by atoms with Gasteiger partial charge in [-0.05, 0) is 38.1 Å². The highest BCUT2D eigenvalue weighted by atomic mass is 16.8. The number of hydrogen-bond donors (Lipinski definition) is 14. The van der Waals surface area contributed by atoms with E-state index >= 15 is 0 Å². The van der Waals surface area contributed by atoms with Crippen LogP contribution in [0.2, 0.25) is 0 Å². The van der Waals surface area contributed by atoms with Crippen molar-refractivity contribution < 1.29 is 114 Å². The Morgan fingerprint density at radius 3 is 1.78 bits per heavy atom. The van der Waals surface area contributed by atoms with Crippen molar-refractivity contribution in [1.82, 2.24) is 0 Å². The standard InChI is InChI=1S/C39H50O24/c1-11-21(43)26(48)30(52)36(56-11)55-10-19-24(46)28(50)32(54)38(61-19)62-34-25(47)20-16(42)7-15(8-17(20)59-33(34)13-3-5-14(41)6-4-13)58-39-35(29(51)23(45)18(9-40)60-39)63-37-31(53)27(49)22(44)12(2)57-37/h3-8,11-12,18-19,21-24,26-32,35-46,48-54H,9-10H2,1-2H3/t11-,12-,18+,19+,21-,22-,23+,24+,26+,27+,28-,29-,30+,31+,32+,35+,36+,37-,38-,39+/m0/s1. The van der Waals surface area contributed by atoms with Crippen LogP contribution in [0.15, 0.2) is 45.6 Å². The van der Waals surface area contributed by atoms with Crippen molar-refractivity contribution >= 4 is 11.0 Å². The largest absolute Gasteiger partial charge is 0.508 e. The van der Waals surface area contributed by atoms with Crippen LogP contribution in [-0.2, 0) is 28.4 Å². The Balaban J connectivity index is 1.20. The zero-order valence-electron chi connectivity index (χ0n) is 33.3. The average Bonchev–Trinajstić information content (AvgIpc) is 3.25. The smallest absolute Gasteiger partial charge is 0.239 e. The number of phenolic OH excluding ortho intramolecular Hbond substituents is 2. The van der Waals surface area contributed by atoms with Crippen molar-refractivity contribution in [2.45, 2.75) is 137 Å². The third-order valence-electron chi connectivity index (χ3n) is 11.3. The molecule has 0 amide bonds. The minimum absolute atomic E-state index is 0.0660. The Labute approximate surface area is 355 Å². The minimum Gasteiger partial charge on any atom is -0.508 e. The fraction of sp³-hybridized carbons (Fsp3) is 0.615. The van der Waals surface area contributed by atoms with E-state index in [1.807, 2.05) is 0 Å². The molecule has 4 aliphatic rings. The molecule has 4 saturated heterocycles. The summed E-state index contributed by atoms with van der Waals surface area (Å²) in [6, 6.07) is 7.05. The lowest BCUT2D eigenvalue weighted by molar-refractivity contribution is -0.354. The molecule has 7 rings (SSSR count). The fourth-order valence-corrected chi connectivity index (χ4v) is 7.56. The summed E-state index contributed by atoms with van der Waals surface area (Å²) in [5.74, 6) is -2.48. The quantitative estimate of drug-likeness (QED) is 0.0856. The van der Waals surface area contributed by atoms with E-state index in [9.17, 15) is 76.3 Å². The van der Waals surface area contributed by atoms with Gasteiger partial charge in [-0.15, -0.1) is 0 Å². The van der Waals surface area contributed by atoms with Gasteiger partial charge in [0.15, 0.2) is 24.4 Å². The molecule has 350 valence electrons. The van der Waals surface area contributed by atoms with Crippen molar-refractivity contribution in [3.8, 4) is 34.3 Å². The molecule has 14 N–H and O–H groups in total. The molecular formula is C39H50O24. The molecule has 0 radical (unpaired) electrons. The number of ether oxygens (including phenoxy) is 8. The van der Waals surface area contributed by atoms with E-state index in [0.29, 0.717) is 0 Å². The number of phenols is 2. The van der Waals surface area contributed by atoms with Crippen LogP contribution in [0.4, 0.5) is 0 Å². The predicted octanol–water partition coefficient (Wildman–Crippen LogP) is -5.07. The molecule has 0 spiro atoms. The van der Waals surface area contributed by atoms with Crippen LogP contribution in [0.25, 0.3) is 22.3 Å². The lowest BCUT2D eigenvalue weighted by Crippen LogP contribution is -2.64. The summed E-state index contributed by atoms with van der Waals surface area (Å²) in [7, 11) is 0. The van der Waals surface area contributed by atoms with Gasteiger partial charge in [-0.2, -0.15) is 0 Å². The molecule has 0 saturated carbocycles. The van der Waals surface area contributed by atoms with Crippen molar-refractivity contribution in [1.29, 1.82) is 0 Å². The molecule has 0 unspecified atom stereocenters. The molecule has 20 atom stereocenters. The molecule has 4 fully saturated rings. The molecule has 2 aromatic carbocycles. The van der Waals surface area contributed by atoms with Gasteiger partial charge in [0.05, 0.1) is 25.4 Å². The number of aromatic hydroxyl groups is 2. The van der Waals surface area contributed by atoms with E-state index in [1.165, 1.54) is 38.1 Å². The molecular weight excluding hydrogens is 852 g/mol. The second-order valence-electron chi connectivity index (χ2n) is 15.7. The van der Waals surface area contributed by atoms with E-state index in [4.69, 9.17) is 42.3 Å². The first kappa shape index (κ1) is 47.1. The van der Waals surface area contributed by atoms with Gasteiger partial charge in [-0.1, -0.05) is 0 Å². The first-order chi connectivity index (χ1) is 29.8. The number of aliphatic hydroxyl groups excluding tert-OH is 12. The first-order valence-corrected chi connectivity index (χ1v) is 19.8. The van der Waals surface area contributed by atoms with Crippen LogP contribution in [-0.4, -0.2) is 208 Å². The minimum atomic E-state index is -2.05. The predicted molar refractivity (Wildman–Crippen MR) is 202 cm³/mol. The van der Waals surface area contributed by atoms with Crippen molar-refractivity contribution in [2.24, 2.45) is 0 Å². The van der Waals surface area contributed by atoms with E-state index < -0.39 is 170 Å². The number of benzene rings is 2. The number of hydrogen-bond acceptors (Lipinski definition) is 24. The zero-order chi connectivity index (χ0) is 45.8. The number of fused-ring (bicyclic) bond motifs is 1. The van der Waals surface area contributed by atoms with E-state index in [-0.39, 0.29) is 17.1 Å². The third-order valence-corrected chi connectivity index (χ3v) is 11.3. The fourth-order valence-electron chi connectivity index (χ4n) is 7.56. The highest BCUT2D eigenvalue weighted by molar-refractivity contribution is 5.88. The summed E-state index contributed by atoms with van der Waals surface area (Å²) in [5.41, 5.74) is -1.43. The van der Waals surface area contributed by atoms with Gasteiger partial charge >= 0.3 is 0 Å². The summed E-state index contributed by atoms with van der Waals surface area (Å²) in [6.07, 6.45) is -33.4. The maximum Gasteiger partial charge on any atom is 0.239 e. The SMILES string of the molecule is C[C@@H]1O[C@@H](OC[C@H]2O[C@@H](Oc3c(-c4ccc(O)cc4)oc4cc(O[C@@H]5O[C@H](CO)[C@@H](O)[C@H](O)[C@H]5O[C@@H]5O[C@@H](C)[C@H](O)[C@@H](O)[C@H]5O)cc(O)c4c3=O)[C@H](O)[C@@H](O)[C@@H]2O)[C@H](O)[C@H](O)[C@H]1O. The van der Waals surface area contributed by atoms with Crippen LogP contribution in [0.5, 0.6) is 23.0 Å². The van der Waals surface area contributed by atoms with Crippen LogP contribution < -0.4 is 14.9 Å². The topological polar surface area (TPSA) is 387 Å². The molecule has 24 nitrogen and oxygen atoms in total. The van der Waals surface area contributed by atoms with E-state index in [0.717, 1.165) is 12.1 Å². The second-order valence-corrected chi connectivity index (χ2v) is 15.7. The highest BCUT2D eigenvalue weighted by Gasteiger charge is 2.52. The van der Waals surface area contributed by atoms with Gasteiger partial charge < -0.3 is 114 Å². The first-order valence-electron chi connectivity index (χ1n) is 19.8. The molecule has 3 aromatic rings. The van der Waals surface area contributed by atoms with Crippen molar-refractivity contribution in [2.75, 3.05) is 13.2 Å². The molecule has 0 aliphatic carbocycles. The van der Waals surface area contributed by atoms with Gasteiger partial charge in [0.1, 0.15) is 108 Å². The Morgan fingerprint density at radius 2 is 1.14 bits per heavy atom. The Kier molecular flexibility index (Phi) is 14.1. The van der Waals surface area contributed by atoms with E-state index in [2.05, 4.69) is 0 Å². The summed E-state index contributed by atoms with van der Waals surface area (Å²) < 4.78 is 51.4. The van der Waals surface area contributed by atoms with Crippen molar-refractivity contribution in [3.63, 3.8) is 0 Å². The highest BCUT2D eigenvalue weighted by Crippen LogP contribution is 2.39. The Bertz CT molecular complexity index is 2090. The third kappa shape index (κ3) is 9.19. The van der Waals surface area contributed by atoms with Gasteiger partial charge in [-0.3, -0.25) is 4.79 Å². The van der Waals surface area contributed by atoms with Gasteiger partial charge in [0.25, 0.3) is 0 Å². The molecule has 0 bridgehead atoms. The molecule has 24 heteroatoms. The lowest BCUT2D eigenvalue weighted by Gasteiger charge is -2.45. The van der Waals surface area contributed by atoms with Gasteiger partial charge in [-0.25, -0.2) is 0 Å². The second kappa shape index (κ2) is 18.9. The normalized spacial score (nSPS) is 41.0. The van der Waals surface area contributed by atoms with Crippen LogP contribution >= 0.6 is 0 Å². The summed E-state index contributed by atoms with van der Waals surface area (Å²) in [5, 5.41) is 146. The van der Waals surface area contributed by atoms with Crippen LogP contribution in [0, 0.1) is 0 Å². The number of aliphatic hydroxyl groups is 12. The summed E-state index contributed by atoms with van der Waals surface area (Å²) >= 11 is 0. The van der Waals surface area contributed by atoms with Gasteiger partial charge in [0.2, 0.25) is 23.8 Å². The van der Waals surface area contributed by atoms with E-state index in [1.54, 1.807) is 0 Å². The Hall–Kier alpha value is -3.87. The summed E-state index contributed by atoms with van der Waals surface area (Å²) in [4.78, 5) is 14.3. The number of rotatable bonds is 11. The molecule has 1 aromatic heterocycles. The molecule has 5 heterocycles. The van der Waals surface area contributed by atoms with Crippen LogP contribution in [0.1, 0.15) is 13.8 Å². The van der Waals surface area contributed by atoms with Gasteiger partial charge in [0, 0.05) is 17.7 Å². The molecule has 63 heavy (non-hydrogen) atoms. The van der Waals surface area contributed by atoms with Crippen LogP contribution in [0.3, 0.4) is 0 Å².